The van der Waals surface area contributed by atoms with Crippen LogP contribution in [0.15, 0.2) is 72.3 Å². The first-order chi connectivity index (χ1) is 16.4. The monoisotopic (exact) mass is 458 g/mol. The van der Waals surface area contributed by atoms with E-state index in [0.29, 0.717) is 35.6 Å². The molecule has 4 amide bonds. The molecule has 0 spiro atoms. The molecular formula is C27H23FN2O4. The van der Waals surface area contributed by atoms with Crippen LogP contribution in [-0.4, -0.2) is 24.5 Å². The van der Waals surface area contributed by atoms with Gasteiger partial charge in [-0.25, -0.2) is 14.1 Å². The largest absolute Gasteiger partial charge is 0.494 e. The van der Waals surface area contributed by atoms with E-state index in [0.717, 1.165) is 16.0 Å². The number of hydrogen-bond donors (Lipinski definition) is 1. The molecule has 0 radical (unpaired) electrons. The minimum absolute atomic E-state index is 0.176. The molecule has 1 saturated heterocycles. The Labute approximate surface area is 196 Å². The van der Waals surface area contributed by atoms with E-state index in [4.69, 9.17) is 4.74 Å². The van der Waals surface area contributed by atoms with Gasteiger partial charge in [0, 0.05) is 6.42 Å². The Balaban J connectivity index is 1.67. The minimum atomic E-state index is -0.800. The number of nitrogens with zero attached hydrogens (tertiary/aromatic N) is 1. The number of anilines is 1. The van der Waals surface area contributed by atoms with Gasteiger partial charge >= 0.3 is 6.03 Å². The molecule has 1 N–H and O–H groups in total. The molecular weight excluding hydrogens is 435 g/mol. The summed E-state index contributed by atoms with van der Waals surface area (Å²) in [5, 5.41) is 2.22. The number of amides is 4. The maximum Gasteiger partial charge on any atom is 0.335 e. The standard InChI is InChI=1S/C27H23FN2O4/c1-3-34-24-15-18(10-11-20(24)16-19-6-4-5-7-23(19)28)14-22-25(31)29-27(33)30(26(22)32)21-12-8-17(2)9-13-21/h4-15H,3,16H2,1-2H3,(H,29,31,33)/b22-14+. The maximum absolute atomic E-state index is 14.1. The van der Waals surface area contributed by atoms with Crippen LogP contribution in [0.3, 0.4) is 0 Å². The highest BCUT2D eigenvalue weighted by Gasteiger charge is 2.36. The van der Waals surface area contributed by atoms with Crippen LogP contribution in [0.4, 0.5) is 14.9 Å². The average Bonchev–Trinajstić information content (AvgIpc) is 2.81. The molecule has 6 nitrogen and oxygen atoms in total. The number of carbonyl (C=O) groups is 3. The highest BCUT2D eigenvalue weighted by molar-refractivity contribution is 6.39. The fourth-order valence-electron chi connectivity index (χ4n) is 3.70. The van der Waals surface area contributed by atoms with Crippen LogP contribution in [0.1, 0.15) is 29.2 Å². The van der Waals surface area contributed by atoms with Crippen molar-refractivity contribution < 1.29 is 23.5 Å². The van der Waals surface area contributed by atoms with Crippen LogP contribution in [0.25, 0.3) is 6.08 Å². The molecule has 0 bridgehead atoms. The molecule has 4 rings (SSSR count). The van der Waals surface area contributed by atoms with E-state index in [1.165, 1.54) is 12.1 Å². The lowest BCUT2D eigenvalue weighted by atomic mass is 10.00. The van der Waals surface area contributed by atoms with Crippen molar-refractivity contribution in [3.63, 3.8) is 0 Å². The Morgan fingerprint density at radius 1 is 0.971 bits per heavy atom. The first-order valence-corrected chi connectivity index (χ1v) is 10.8. The first-order valence-electron chi connectivity index (χ1n) is 10.8. The van der Waals surface area contributed by atoms with Gasteiger partial charge in [0.1, 0.15) is 17.1 Å². The second-order valence-electron chi connectivity index (χ2n) is 7.86. The number of hydrogen-bond acceptors (Lipinski definition) is 4. The van der Waals surface area contributed by atoms with Crippen molar-refractivity contribution in [3.05, 3.63) is 100 Å². The summed E-state index contributed by atoms with van der Waals surface area (Å²) in [6.45, 7) is 4.11. The summed E-state index contributed by atoms with van der Waals surface area (Å²) < 4.78 is 19.9. The van der Waals surface area contributed by atoms with Crippen molar-refractivity contribution >= 4 is 29.6 Å². The third kappa shape index (κ3) is 4.73. The second kappa shape index (κ2) is 9.70. The lowest BCUT2D eigenvalue weighted by molar-refractivity contribution is -0.122. The van der Waals surface area contributed by atoms with Gasteiger partial charge in [0.25, 0.3) is 11.8 Å². The summed E-state index contributed by atoms with van der Waals surface area (Å²) >= 11 is 0. The van der Waals surface area contributed by atoms with Gasteiger partial charge in [0.05, 0.1) is 12.3 Å². The van der Waals surface area contributed by atoms with Crippen molar-refractivity contribution in [2.75, 3.05) is 11.5 Å². The summed E-state index contributed by atoms with van der Waals surface area (Å²) in [5.74, 6) is -1.27. The van der Waals surface area contributed by atoms with Crippen molar-refractivity contribution in [1.29, 1.82) is 0 Å². The molecule has 1 aliphatic rings. The van der Waals surface area contributed by atoms with Gasteiger partial charge < -0.3 is 4.74 Å². The number of halogens is 1. The van der Waals surface area contributed by atoms with Crippen LogP contribution >= 0.6 is 0 Å². The van der Waals surface area contributed by atoms with Gasteiger partial charge in [-0.15, -0.1) is 0 Å². The first kappa shape index (κ1) is 22.9. The summed E-state index contributed by atoms with van der Waals surface area (Å²) in [7, 11) is 0. The van der Waals surface area contributed by atoms with Crippen molar-refractivity contribution in [3.8, 4) is 5.75 Å². The lowest BCUT2D eigenvalue weighted by Crippen LogP contribution is -2.54. The average molecular weight is 458 g/mol. The molecule has 0 aromatic heterocycles. The predicted octanol–water partition coefficient (Wildman–Crippen LogP) is 4.79. The van der Waals surface area contributed by atoms with Gasteiger partial charge in [0.15, 0.2) is 0 Å². The van der Waals surface area contributed by atoms with Gasteiger partial charge in [-0.2, -0.15) is 0 Å². The number of imide groups is 2. The molecule has 0 atom stereocenters. The zero-order chi connectivity index (χ0) is 24.2. The van der Waals surface area contributed by atoms with Gasteiger partial charge in [0.2, 0.25) is 0 Å². The summed E-state index contributed by atoms with van der Waals surface area (Å²) in [6.07, 6.45) is 1.74. The molecule has 0 aliphatic carbocycles. The number of rotatable bonds is 6. The van der Waals surface area contributed by atoms with E-state index in [1.54, 1.807) is 60.7 Å². The molecule has 0 unspecified atom stereocenters. The molecule has 1 heterocycles. The molecule has 34 heavy (non-hydrogen) atoms. The number of ether oxygens (including phenoxy) is 1. The molecule has 7 heteroatoms. The summed E-state index contributed by atoms with van der Waals surface area (Å²) in [6, 6.07) is 17.8. The number of barbiturate groups is 1. The SMILES string of the molecule is CCOc1cc(/C=C2\C(=O)NC(=O)N(c3ccc(C)cc3)C2=O)ccc1Cc1ccccc1F. The zero-order valence-corrected chi connectivity index (χ0v) is 18.8. The number of nitrogens with one attached hydrogen (secondary N) is 1. The Morgan fingerprint density at radius 3 is 2.41 bits per heavy atom. The smallest absolute Gasteiger partial charge is 0.335 e. The molecule has 172 valence electrons. The van der Waals surface area contributed by atoms with Crippen molar-refractivity contribution in [2.45, 2.75) is 20.3 Å². The van der Waals surface area contributed by atoms with Crippen LogP contribution in [0, 0.1) is 12.7 Å². The molecule has 3 aromatic rings. The minimum Gasteiger partial charge on any atom is -0.494 e. The Kier molecular flexibility index (Phi) is 6.54. The molecule has 3 aromatic carbocycles. The normalized spacial score (nSPS) is 15.0. The molecule has 1 aliphatic heterocycles. The molecule has 0 saturated carbocycles. The van der Waals surface area contributed by atoms with Crippen LogP contribution in [0.5, 0.6) is 5.75 Å². The quantitative estimate of drug-likeness (QED) is 0.426. The van der Waals surface area contributed by atoms with Crippen molar-refractivity contribution in [1.82, 2.24) is 5.32 Å². The highest BCUT2D eigenvalue weighted by atomic mass is 19.1. The van der Waals surface area contributed by atoms with E-state index in [1.807, 2.05) is 13.8 Å². The summed E-state index contributed by atoms with van der Waals surface area (Å²) in [4.78, 5) is 38.9. The summed E-state index contributed by atoms with van der Waals surface area (Å²) in [5.41, 5.74) is 3.00. The molecule has 1 fully saturated rings. The third-order valence-electron chi connectivity index (χ3n) is 5.43. The van der Waals surface area contributed by atoms with Gasteiger partial charge in [-0.3, -0.25) is 14.9 Å². The van der Waals surface area contributed by atoms with Crippen LogP contribution < -0.4 is 15.0 Å². The topological polar surface area (TPSA) is 75.7 Å². The third-order valence-corrected chi connectivity index (χ3v) is 5.43. The van der Waals surface area contributed by atoms with E-state index < -0.39 is 17.8 Å². The van der Waals surface area contributed by atoms with E-state index >= 15 is 0 Å². The maximum atomic E-state index is 14.1. The number of benzene rings is 3. The van der Waals surface area contributed by atoms with E-state index in [2.05, 4.69) is 5.32 Å². The van der Waals surface area contributed by atoms with Gasteiger partial charge in [-0.1, -0.05) is 48.0 Å². The van der Waals surface area contributed by atoms with E-state index in [9.17, 15) is 18.8 Å². The van der Waals surface area contributed by atoms with Crippen molar-refractivity contribution in [2.24, 2.45) is 0 Å². The predicted molar refractivity (Wildman–Crippen MR) is 127 cm³/mol. The Morgan fingerprint density at radius 2 is 1.71 bits per heavy atom. The Bertz CT molecular complexity index is 1300. The lowest BCUT2D eigenvalue weighted by Gasteiger charge is -2.26. The number of aryl methyl sites for hydroxylation is 1. The highest BCUT2D eigenvalue weighted by Crippen LogP contribution is 2.27. The zero-order valence-electron chi connectivity index (χ0n) is 18.8. The van der Waals surface area contributed by atoms with Crippen LogP contribution in [-0.2, 0) is 16.0 Å². The Hall–Kier alpha value is -4.26. The fraction of sp³-hybridized carbons (Fsp3) is 0.148. The number of urea groups is 1. The second-order valence-corrected chi connectivity index (χ2v) is 7.86. The van der Waals surface area contributed by atoms with Gasteiger partial charge in [-0.05, 0) is 60.9 Å². The van der Waals surface area contributed by atoms with Crippen LogP contribution in [0.2, 0.25) is 0 Å². The fourth-order valence-corrected chi connectivity index (χ4v) is 3.70. The number of carbonyl (C=O) groups excluding carboxylic acids is 3. The van der Waals surface area contributed by atoms with E-state index in [-0.39, 0.29) is 11.4 Å².